The fraction of sp³-hybridized carbons (Fsp3) is 0.417. The Morgan fingerprint density at radius 3 is 3.00 bits per heavy atom. The third-order valence-electron chi connectivity index (χ3n) is 2.92. The molecule has 1 aromatic carbocycles. The third kappa shape index (κ3) is 2.55. The van der Waals surface area contributed by atoms with E-state index in [0.717, 1.165) is 18.5 Å². The highest BCUT2D eigenvalue weighted by atomic mass is 32.2. The zero-order valence-electron chi connectivity index (χ0n) is 9.87. The average Bonchev–Trinajstić information content (AvgIpc) is 2.64. The van der Waals surface area contributed by atoms with Gasteiger partial charge in [0.1, 0.15) is 11.3 Å². The summed E-state index contributed by atoms with van der Waals surface area (Å²) in [5.41, 5.74) is 1.36. The summed E-state index contributed by atoms with van der Waals surface area (Å²) in [4.78, 5) is 2.93. The molecule has 1 aromatic heterocycles. The van der Waals surface area contributed by atoms with Crippen LogP contribution in [-0.2, 0) is 6.54 Å². The maximum atomic E-state index is 13.5. The zero-order chi connectivity index (χ0) is 12.4. The van der Waals surface area contributed by atoms with E-state index in [1.165, 1.54) is 6.07 Å². The number of halogens is 1. The van der Waals surface area contributed by atoms with Crippen molar-refractivity contribution >= 4 is 35.0 Å². The van der Waals surface area contributed by atoms with Gasteiger partial charge in [-0.05, 0) is 37.0 Å². The van der Waals surface area contributed by atoms with Gasteiger partial charge in [-0.25, -0.2) is 4.39 Å². The molecule has 2 nitrogen and oxygen atoms in total. The minimum absolute atomic E-state index is 0.245. The molecule has 17 heavy (non-hydrogen) atoms. The lowest BCUT2D eigenvalue weighted by Crippen LogP contribution is -2.04. The molecule has 1 atom stereocenters. The second kappa shape index (κ2) is 5.23. The number of aryl methyl sites for hydroxylation is 1. The molecule has 0 radical (unpaired) electrons. The quantitative estimate of drug-likeness (QED) is 0.848. The molecule has 2 aromatic rings. The second-order valence-electron chi connectivity index (χ2n) is 4.05. The second-order valence-corrected chi connectivity index (χ2v) is 5.71. The Balaban J connectivity index is 2.37. The van der Waals surface area contributed by atoms with E-state index in [1.807, 2.05) is 22.4 Å². The van der Waals surface area contributed by atoms with Crippen LogP contribution in [-0.4, -0.2) is 21.1 Å². The zero-order valence-corrected chi connectivity index (χ0v) is 11.5. The minimum atomic E-state index is -0.245. The van der Waals surface area contributed by atoms with Crippen LogP contribution < -0.4 is 0 Å². The molecule has 92 valence electrons. The number of imidazole rings is 1. The molecule has 0 bridgehead atoms. The Morgan fingerprint density at radius 1 is 1.53 bits per heavy atom. The highest BCUT2D eigenvalue weighted by Crippen LogP contribution is 2.19. The summed E-state index contributed by atoms with van der Waals surface area (Å²) in [6, 6.07) is 5.06. The first-order chi connectivity index (χ1) is 8.13. The van der Waals surface area contributed by atoms with Crippen LogP contribution in [0.15, 0.2) is 18.2 Å². The van der Waals surface area contributed by atoms with Crippen molar-refractivity contribution in [2.45, 2.75) is 25.1 Å². The number of para-hydroxylation sites is 1. The molecule has 0 saturated heterocycles. The SMILES string of the molecule is CSC(C)CCn1c(=S)[nH]c2c(F)cccc21. The van der Waals surface area contributed by atoms with Gasteiger partial charge in [-0.2, -0.15) is 11.8 Å². The normalized spacial score (nSPS) is 13.1. The van der Waals surface area contributed by atoms with E-state index in [9.17, 15) is 4.39 Å². The summed E-state index contributed by atoms with van der Waals surface area (Å²) in [6.07, 6.45) is 3.12. The van der Waals surface area contributed by atoms with Crippen LogP contribution >= 0.6 is 24.0 Å². The van der Waals surface area contributed by atoms with Gasteiger partial charge in [-0.15, -0.1) is 0 Å². The maximum Gasteiger partial charge on any atom is 0.178 e. The van der Waals surface area contributed by atoms with Crippen molar-refractivity contribution in [1.29, 1.82) is 0 Å². The van der Waals surface area contributed by atoms with E-state index in [2.05, 4.69) is 18.2 Å². The van der Waals surface area contributed by atoms with E-state index in [1.54, 1.807) is 6.07 Å². The van der Waals surface area contributed by atoms with E-state index in [4.69, 9.17) is 12.2 Å². The molecule has 0 aliphatic heterocycles. The number of hydrogen-bond donors (Lipinski definition) is 1. The van der Waals surface area contributed by atoms with Crippen molar-refractivity contribution < 1.29 is 4.39 Å². The number of rotatable bonds is 4. The predicted octanol–water partition coefficient (Wildman–Crippen LogP) is 3.98. The van der Waals surface area contributed by atoms with Gasteiger partial charge in [0.25, 0.3) is 0 Å². The fourth-order valence-electron chi connectivity index (χ4n) is 1.80. The molecule has 0 saturated carbocycles. The van der Waals surface area contributed by atoms with E-state index in [0.29, 0.717) is 15.5 Å². The van der Waals surface area contributed by atoms with Crippen LogP contribution in [0.5, 0.6) is 0 Å². The van der Waals surface area contributed by atoms with Gasteiger partial charge < -0.3 is 9.55 Å². The minimum Gasteiger partial charge on any atom is -0.328 e. The summed E-state index contributed by atoms with van der Waals surface area (Å²) < 4.78 is 16.1. The summed E-state index contributed by atoms with van der Waals surface area (Å²) in [6.45, 7) is 3.01. The molecule has 1 heterocycles. The molecule has 0 amide bonds. The number of aromatic amines is 1. The van der Waals surface area contributed by atoms with Crippen molar-refractivity contribution in [3.8, 4) is 0 Å². The van der Waals surface area contributed by atoms with E-state index < -0.39 is 0 Å². The Bertz CT molecular complexity index is 573. The molecule has 0 aliphatic carbocycles. The number of thioether (sulfide) groups is 1. The number of benzene rings is 1. The van der Waals surface area contributed by atoms with Crippen LogP contribution in [0.4, 0.5) is 4.39 Å². The number of hydrogen-bond acceptors (Lipinski definition) is 2. The topological polar surface area (TPSA) is 20.7 Å². The van der Waals surface area contributed by atoms with Gasteiger partial charge in [0.2, 0.25) is 0 Å². The summed E-state index contributed by atoms with van der Waals surface area (Å²) in [7, 11) is 0. The van der Waals surface area contributed by atoms with Crippen LogP contribution in [0.3, 0.4) is 0 Å². The first kappa shape index (κ1) is 12.6. The molecule has 2 rings (SSSR count). The van der Waals surface area contributed by atoms with Gasteiger partial charge in [-0.1, -0.05) is 13.0 Å². The lowest BCUT2D eigenvalue weighted by Gasteiger charge is -2.09. The number of H-pyrrole nitrogens is 1. The summed E-state index contributed by atoms with van der Waals surface area (Å²) in [5, 5.41) is 0.579. The number of fused-ring (bicyclic) bond motifs is 1. The van der Waals surface area contributed by atoms with Gasteiger partial charge in [0.15, 0.2) is 4.77 Å². The van der Waals surface area contributed by atoms with Gasteiger partial charge in [0.05, 0.1) is 5.52 Å². The number of aromatic nitrogens is 2. The number of nitrogens with zero attached hydrogens (tertiary/aromatic N) is 1. The van der Waals surface area contributed by atoms with Crippen molar-refractivity contribution in [3.05, 3.63) is 28.8 Å². The molecule has 5 heteroatoms. The Hall–Kier alpha value is -0.810. The fourth-order valence-corrected chi connectivity index (χ4v) is 2.43. The first-order valence-electron chi connectivity index (χ1n) is 5.53. The standard InChI is InChI=1S/C12H15FN2S2/c1-8(17-2)6-7-15-10-5-3-4-9(13)11(10)14-12(15)16/h3-5,8H,6-7H2,1-2H3,(H,14,16). The average molecular weight is 270 g/mol. The maximum absolute atomic E-state index is 13.5. The lowest BCUT2D eigenvalue weighted by atomic mass is 10.3. The first-order valence-corrected chi connectivity index (χ1v) is 7.23. The molecule has 1 N–H and O–H groups in total. The number of nitrogens with one attached hydrogen (secondary N) is 1. The van der Waals surface area contributed by atoms with Crippen LogP contribution in [0.25, 0.3) is 11.0 Å². The highest BCUT2D eigenvalue weighted by Gasteiger charge is 2.08. The van der Waals surface area contributed by atoms with Gasteiger partial charge >= 0.3 is 0 Å². The molecular formula is C12H15FN2S2. The largest absolute Gasteiger partial charge is 0.328 e. The summed E-state index contributed by atoms with van der Waals surface area (Å²) in [5.74, 6) is -0.245. The molecule has 1 unspecified atom stereocenters. The van der Waals surface area contributed by atoms with E-state index in [-0.39, 0.29) is 5.82 Å². The Kier molecular flexibility index (Phi) is 3.89. The van der Waals surface area contributed by atoms with Crippen molar-refractivity contribution in [3.63, 3.8) is 0 Å². The molecular weight excluding hydrogens is 255 g/mol. The predicted molar refractivity (Wildman–Crippen MR) is 74.7 cm³/mol. The van der Waals surface area contributed by atoms with E-state index >= 15 is 0 Å². The Morgan fingerprint density at radius 2 is 2.29 bits per heavy atom. The van der Waals surface area contributed by atoms with Crippen molar-refractivity contribution in [2.75, 3.05) is 6.26 Å². The van der Waals surface area contributed by atoms with Gasteiger partial charge in [0, 0.05) is 11.8 Å². The monoisotopic (exact) mass is 270 g/mol. The van der Waals surface area contributed by atoms with Crippen LogP contribution in [0, 0.1) is 10.6 Å². The summed E-state index contributed by atoms with van der Waals surface area (Å²) >= 11 is 7.06. The Labute approximate surface area is 109 Å². The molecule has 0 aliphatic rings. The smallest absolute Gasteiger partial charge is 0.178 e. The third-order valence-corrected chi connectivity index (χ3v) is 4.28. The van der Waals surface area contributed by atoms with Crippen LogP contribution in [0.1, 0.15) is 13.3 Å². The molecule has 0 spiro atoms. The van der Waals surface area contributed by atoms with Crippen molar-refractivity contribution in [1.82, 2.24) is 9.55 Å². The lowest BCUT2D eigenvalue weighted by molar-refractivity contribution is 0.636. The van der Waals surface area contributed by atoms with Crippen molar-refractivity contribution in [2.24, 2.45) is 0 Å². The van der Waals surface area contributed by atoms with Crippen LogP contribution in [0.2, 0.25) is 0 Å². The van der Waals surface area contributed by atoms with Gasteiger partial charge in [-0.3, -0.25) is 0 Å². The molecule has 0 fully saturated rings. The highest BCUT2D eigenvalue weighted by molar-refractivity contribution is 7.99.